The average molecular weight is 430 g/mol. The van der Waals surface area contributed by atoms with Gasteiger partial charge in [0, 0.05) is 25.5 Å². The Balaban J connectivity index is 1.75. The number of nitrogens with zero attached hydrogens (tertiary/aromatic N) is 2. The maximum Gasteiger partial charge on any atom is 0.253 e. The molecule has 8 heteroatoms. The molecule has 0 fully saturated rings. The highest BCUT2D eigenvalue weighted by molar-refractivity contribution is 7.89. The molecule has 160 valence electrons. The van der Waals surface area contributed by atoms with E-state index in [-0.39, 0.29) is 16.8 Å². The lowest BCUT2D eigenvalue weighted by Gasteiger charge is -2.16. The predicted octanol–water partition coefficient (Wildman–Crippen LogP) is 3.49. The Morgan fingerprint density at radius 1 is 1.17 bits per heavy atom. The molecule has 0 saturated carbocycles. The Morgan fingerprint density at radius 3 is 2.40 bits per heavy atom. The quantitative estimate of drug-likeness (QED) is 0.623. The van der Waals surface area contributed by atoms with Gasteiger partial charge in [0.1, 0.15) is 5.76 Å². The van der Waals surface area contributed by atoms with E-state index in [0.717, 1.165) is 22.7 Å². The minimum Gasteiger partial charge on any atom is -0.467 e. The van der Waals surface area contributed by atoms with Crippen molar-refractivity contribution in [3.63, 3.8) is 0 Å². The topological polar surface area (TPSA) is 84.5 Å². The Labute approximate surface area is 177 Å². The number of aromatic nitrogens is 1. The van der Waals surface area contributed by atoms with Crippen molar-refractivity contribution in [1.29, 1.82) is 0 Å². The number of amides is 1. The van der Waals surface area contributed by atoms with Gasteiger partial charge in [0.25, 0.3) is 5.91 Å². The van der Waals surface area contributed by atoms with Gasteiger partial charge in [-0.25, -0.2) is 12.7 Å². The normalized spacial score (nSPS) is 12.9. The number of carbonyl (C=O) groups excluding carboxylic acids is 1. The van der Waals surface area contributed by atoms with Crippen LogP contribution in [0.3, 0.4) is 0 Å². The molecule has 1 amide bonds. The van der Waals surface area contributed by atoms with Gasteiger partial charge >= 0.3 is 0 Å². The van der Waals surface area contributed by atoms with Crippen LogP contribution in [-0.4, -0.2) is 37.3 Å². The highest BCUT2D eigenvalue weighted by atomic mass is 32.2. The summed E-state index contributed by atoms with van der Waals surface area (Å²) >= 11 is 0. The van der Waals surface area contributed by atoms with Gasteiger partial charge in [-0.15, -0.1) is 0 Å². The molecular weight excluding hydrogens is 402 g/mol. The summed E-state index contributed by atoms with van der Waals surface area (Å²) in [5.74, 6) is 0.649. The Hall–Kier alpha value is -2.84. The first-order valence-corrected chi connectivity index (χ1v) is 11.1. The van der Waals surface area contributed by atoms with Crippen LogP contribution in [0.2, 0.25) is 0 Å². The fourth-order valence-corrected chi connectivity index (χ4v) is 4.23. The summed E-state index contributed by atoms with van der Waals surface area (Å²) in [4.78, 5) is 13.1. The molecule has 2 aromatic heterocycles. The first kappa shape index (κ1) is 21.9. The van der Waals surface area contributed by atoms with Crippen molar-refractivity contribution in [2.75, 3.05) is 14.1 Å². The fourth-order valence-electron chi connectivity index (χ4n) is 3.33. The van der Waals surface area contributed by atoms with Gasteiger partial charge < -0.3 is 14.3 Å². The summed E-state index contributed by atoms with van der Waals surface area (Å²) < 4.78 is 33.1. The van der Waals surface area contributed by atoms with Crippen LogP contribution in [0.5, 0.6) is 0 Å². The number of nitrogens with one attached hydrogen (secondary N) is 1. The van der Waals surface area contributed by atoms with Crippen LogP contribution in [-0.2, 0) is 16.6 Å². The number of rotatable bonds is 7. The van der Waals surface area contributed by atoms with E-state index in [4.69, 9.17) is 4.42 Å². The number of benzene rings is 1. The second-order valence-electron chi connectivity index (χ2n) is 7.50. The molecule has 0 bridgehead atoms. The van der Waals surface area contributed by atoms with Gasteiger partial charge in [-0.2, -0.15) is 0 Å². The van der Waals surface area contributed by atoms with Crippen LogP contribution in [0.15, 0.2) is 58.0 Å². The summed E-state index contributed by atoms with van der Waals surface area (Å²) in [6, 6.07) is 11.9. The second kappa shape index (κ2) is 8.49. The van der Waals surface area contributed by atoms with Gasteiger partial charge in [-0.3, -0.25) is 4.79 Å². The van der Waals surface area contributed by atoms with Crippen LogP contribution in [0, 0.1) is 13.8 Å². The highest BCUT2D eigenvalue weighted by Gasteiger charge is 2.20. The molecule has 0 spiro atoms. The minimum absolute atomic E-state index is 0.175. The smallest absolute Gasteiger partial charge is 0.253 e. The van der Waals surface area contributed by atoms with Crippen molar-refractivity contribution < 1.29 is 17.6 Å². The molecule has 0 saturated heterocycles. The fraction of sp³-hybridized carbons (Fsp3) is 0.318. The lowest BCUT2D eigenvalue weighted by atomic mass is 10.1. The van der Waals surface area contributed by atoms with Gasteiger partial charge in [-0.05, 0) is 56.7 Å². The Morgan fingerprint density at radius 2 is 1.83 bits per heavy atom. The van der Waals surface area contributed by atoms with Crippen molar-refractivity contribution in [2.24, 2.45) is 0 Å². The van der Waals surface area contributed by atoms with Gasteiger partial charge in [-0.1, -0.05) is 12.1 Å². The van der Waals surface area contributed by atoms with Gasteiger partial charge in [0.2, 0.25) is 10.0 Å². The molecule has 0 aliphatic carbocycles. The maximum atomic E-state index is 12.9. The van der Waals surface area contributed by atoms with Crippen LogP contribution >= 0.6 is 0 Å². The number of furan rings is 1. The molecule has 30 heavy (non-hydrogen) atoms. The molecule has 1 N–H and O–H groups in total. The zero-order valence-corrected chi connectivity index (χ0v) is 18.7. The summed E-state index contributed by atoms with van der Waals surface area (Å²) in [7, 11) is -0.490. The van der Waals surface area contributed by atoms with Crippen LogP contribution in [0.1, 0.15) is 46.0 Å². The molecule has 3 aromatic rings. The van der Waals surface area contributed by atoms with E-state index >= 15 is 0 Å². The van der Waals surface area contributed by atoms with Crippen molar-refractivity contribution >= 4 is 15.9 Å². The standard InChI is InChI=1S/C22H27N3O4S/c1-15-13-21(17(3)25(15)14-19-7-6-12-29-19)22(26)23-16(2)18-8-10-20(11-9-18)30(27,28)24(4)5/h6-13,16H,14H2,1-5H3,(H,23,26). The van der Waals surface area contributed by atoms with Crippen molar-refractivity contribution in [1.82, 2.24) is 14.2 Å². The Bertz CT molecular complexity index is 1130. The van der Waals surface area contributed by atoms with Crippen molar-refractivity contribution in [3.8, 4) is 0 Å². The van der Waals surface area contributed by atoms with E-state index in [1.807, 2.05) is 43.5 Å². The van der Waals surface area contributed by atoms with Crippen LogP contribution in [0.25, 0.3) is 0 Å². The maximum absolute atomic E-state index is 12.9. The molecule has 1 atom stereocenters. The first-order chi connectivity index (χ1) is 14.1. The van der Waals surface area contributed by atoms with Crippen molar-refractivity contribution in [3.05, 3.63) is 77.0 Å². The third-order valence-corrected chi connectivity index (χ3v) is 7.05. The monoisotopic (exact) mass is 429 g/mol. The SMILES string of the molecule is Cc1cc(C(=O)NC(C)c2ccc(S(=O)(=O)N(C)C)cc2)c(C)n1Cc1ccco1. The minimum atomic E-state index is -3.48. The van der Waals surface area contributed by atoms with Gasteiger partial charge in [0.05, 0.1) is 29.3 Å². The van der Waals surface area contributed by atoms with E-state index in [1.54, 1.807) is 30.5 Å². The van der Waals surface area contributed by atoms with Crippen LogP contribution in [0.4, 0.5) is 0 Å². The highest BCUT2D eigenvalue weighted by Crippen LogP contribution is 2.21. The largest absolute Gasteiger partial charge is 0.467 e. The average Bonchev–Trinajstić information content (AvgIpc) is 3.31. The number of carbonyl (C=O) groups is 1. The van der Waals surface area contributed by atoms with Gasteiger partial charge in [0.15, 0.2) is 0 Å². The lowest BCUT2D eigenvalue weighted by molar-refractivity contribution is 0.0939. The third-order valence-electron chi connectivity index (χ3n) is 5.22. The predicted molar refractivity (Wildman–Crippen MR) is 115 cm³/mol. The molecule has 1 unspecified atom stereocenters. The molecule has 3 rings (SSSR count). The van der Waals surface area contributed by atoms with E-state index < -0.39 is 10.0 Å². The van der Waals surface area contributed by atoms with Crippen LogP contribution < -0.4 is 5.32 Å². The molecule has 0 radical (unpaired) electrons. The Kier molecular flexibility index (Phi) is 6.19. The molecule has 0 aliphatic rings. The molecular formula is C22H27N3O4S. The van der Waals surface area contributed by atoms with E-state index in [1.165, 1.54) is 18.4 Å². The molecule has 0 aliphatic heterocycles. The molecule has 7 nitrogen and oxygen atoms in total. The number of hydrogen-bond acceptors (Lipinski definition) is 4. The second-order valence-corrected chi connectivity index (χ2v) is 9.65. The zero-order chi connectivity index (χ0) is 22.1. The van der Waals surface area contributed by atoms with E-state index in [2.05, 4.69) is 5.32 Å². The summed E-state index contributed by atoms with van der Waals surface area (Å²) in [6.45, 7) is 6.31. The summed E-state index contributed by atoms with van der Waals surface area (Å²) in [5, 5.41) is 3.00. The first-order valence-electron chi connectivity index (χ1n) is 9.63. The summed E-state index contributed by atoms with van der Waals surface area (Å²) in [5.41, 5.74) is 3.27. The third kappa shape index (κ3) is 4.34. The zero-order valence-electron chi connectivity index (χ0n) is 17.8. The van der Waals surface area contributed by atoms with Crippen molar-refractivity contribution in [2.45, 2.75) is 38.3 Å². The van der Waals surface area contributed by atoms with E-state index in [0.29, 0.717) is 12.1 Å². The lowest BCUT2D eigenvalue weighted by Crippen LogP contribution is -2.27. The number of hydrogen-bond donors (Lipinski definition) is 1. The number of aryl methyl sites for hydroxylation is 1. The van der Waals surface area contributed by atoms with E-state index in [9.17, 15) is 13.2 Å². The summed E-state index contributed by atoms with van der Waals surface area (Å²) in [6.07, 6.45) is 1.63. The number of sulfonamides is 1. The molecule has 2 heterocycles. The molecule has 1 aromatic carbocycles.